The predicted molar refractivity (Wildman–Crippen MR) is 75.1 cm³/mol. The summed E-state index contributed by atoms with van der Waals surface area (Å²) in [6.07, 6.45) is -1.42. The molecule has 0 unspecified atom stereocenters. The van der Waals surface area contributed by atoms with Crippen LogP contribution in [0, 0.1) is 0 Å². The average molecular weight is 300 g/mol. The number of alkyl carbamates (subject to hydrolysis) is 1. The molecule has 0 aromatic heterocycles. The van der Waals surface area contributed by atoms with Crippen LogP contribution in [0.5, 0.6) is 5.75 Å². The van der Waals surface area contributed by atoms with E-state index in [9.17, 15) is 9.90 Å². The maximum absolute atomic E-state index is 11.8. The molecule has 1 heterocycles. The average Bonchev–Trinajstić information content (AvgIpc) is 2.30. The first-order valence-corrected chi connectivity index (χ1v) is 6.74. The summed E-state index contributed by atoms with van der Waals surface area (Å²) in [5, 5.41) is 13.2. The van der Waals surface area contributed by atoms with Crippen LogP contribution in [-0.4, -0.2) is 29.5 Å². The molecule has 0 aliphatic carbocycles. The van der Waals surface area contributed by atoms with Crippen LogP contribution in [0.25, 0.3) is 0 Å². The summed E-state index contributed by atoms with van der Waals surface area (Å²) in [5.74, 6) is 0.559. The number of nitrogens with one attached hydrogen (secondary N) is 1. The third-order valence-electron chi connectivity index (χ3n) is 2.78. The number of aliphatic hydroxyl groups is 1. The van der Waals surface area contributed by atoms with Gasteiger partial charge in [0.15, 0.2) is 0 Å². The first-order valence-electron chi connectivity index (χ1n) is 6.36. The lowest BCUT2D eigenvalue weighted by molar-refractivity contribution is 0.0276. The van der Waals surface area contributed by atoms with E-state index in [0.717, 1.165) is 0 Å². The van der Waals surface area contributed by atoms with E-state index in [2.05, 4.69) is 5.32 Å². The zero-order valence-electron chi connectivity index (χ0n) is 11.6. The number of carbonyl (C=O) groups excluding carboxylic acids is 1. The fourth-order valence-electron chi connectivity index (χ4n) is 1.98. The van der Waals surface area contributed by atoms with Crippen molar-refractivity contribution < 1.29 is 19.4 Å². The number of benzene rings is 1. The third kappa shape index (κ3) is 3.55. The Kier molecular flexibility index (Phi) is 4.11. The van der Waals surface area contributed by atoms with Gasteiger partial charge < -0.3 is 19.9 Å². The fraction of sp³-hybridized carbons (Fsp3) is 0.500. The van der Waals surface area contributed by atoms with Gasteiger partial charge in [-0.3, -0.25) is 0 Å². The van der Waals surface area contributed by atoms with Gasteiger partial charge in [-0.25, -0.2) is 4.79 Å². The van der Waals surface area contributed by atoms with Crippen molar-refractivity contribution in [3.8, 4) is 5.75 Å². The SMILES string of the molecule is CC(C)(C)OC(=O)N[C@@H]1c2ccc(Cl)cc2OC[C@@H]1O. The lowest BCUT2D eigenvalue weighted by atomic mass is 9.98. The predicted octanol–water partition coefficient (Wildman–Crippen LogP) is 2.66. The van der Waals surface area contributed by atoms with E-state index in [1.54, 1.807) is 39.0 Å². The molecule has 0 fully saturated rings. The smallest absolute Gasteiger partial charge is 0.408 e. The van der Waals surface area contributed by atoms with Crippen molar-refractivity contribution in [3.63, 3.8) is 0 Å². The minimum atomic E-state index is -0.837. The third-order valence-corrected chi connectivity index (χ3v) is 3.01. The van der Waals surface area contributed by atoms with Crippen LogP contribution in [-0.2, 0) is 4.74 Å². The number of hydrogen-bond acceptors (Lipinski definition) is 4. The summed E-state index contributed by atoms with van der Waals surface area (Å²) in [6, 6.07) is 4.49. The lowest BCUT2D eigenvalue weighted by Gasteiger charge is -2.31. The van der Waals surface area contributed by atoms with Gasteiger partial charge in [-0.1, -0.05) is 17.7 Å². The number of aliphatic hydroxyl groups excluding tert-OH is 1. The highest BCUT2D eigenvalue weighted by molar-refractivity contribution is 6.30. The second-order valence-corrected chi connectivity index (χ2v) is 6.12. The normalized spacial score (nSPS) is 21.6. The van der Waals surface area contributed by atoms with Crippen LogP contribution < -0.4 is 10.1 Å². The molecular formula is C14H18ClNO4. The molecule has 0 saturated carbocycles. The van der Waals surface area contributed by atoms with E-state index < -0.39 is 23.8 Å². The van der Waals surface area contributed by atoms with Crippen molar-refractivity contribution in [1.82, 2.24) is 5.32 Å². The van der Waals surface area contributed by atoms with E-state index >= 15 is 0 Å². The van der Waals surface area contributed by atoms with Crippen molar-refractivity contribution in [2.24, 2.45) is 0 Å². The van der Waals surface area contributed by atoms with E-state index in [1.807, 2.05) is 0 Å². The Morgan fingerprint density at radius 3 is 2.85 bits per heavy atom. The quantitative estimate of drug-likeness (QED) is 0.836. The molecule has 0 bridgehead atoms. The Labute approximate surface area is 122 Å². The number of amides is 1. The van der Waals surface area contributed by atoms with Gasteiger partial charge in [0.2, 0.25) is 0 Å². The second-order valence-electron chi connectivity index (χ2n) is 5.68. The van der Waals surface area contributed by atoms with E-state index in [4.69, 9.17) is 21.1 Å². The Bertz CT molecular complexity index is 512. The molecule has 110 valence electrons. The molecule has 6 heteroatoms. The number of rotatable bonds is 1. The zero-order valence-corrected chi connectivity index (χ0v) is 12.4. The largest absolute Gasteiger partial charge is 0.490 e. The maximum atomic E-state index is 11.8. The van der Waals surface area contributed by atoms with Gasteiger partial charge >= 0.3 is 6.09 Å². The highest BCUT2D eigenvalue weighted by atomic mass is 35.5. The van der Waals surface area contributed by atoms with Crippen molar-refractivity contribution >= 4 is 17.7 Å². The summed E-state index contributed by atoms with van der Waals surface area (Å²) in [5.41, 5.74) is 0.0854. The molecule has 1 aromatic rings. The number of carbonyl (C=O) groups is 1. The monoisotopic (exact) mass is 299 g/mol. The van der Waals surface area contributed by atoms with Gasteiger partial charge in [-0.15, -0.1) is 0 Å². The molecule has 2 atom stereocenters. The summed E-state index contributed by atoms with van der Waals surface area (Å²) >= 11 is 5.90. The van der Waals surface area contributed by atoms with Crippen LogP contribution in [0.2, 0.25) is 5.02 Å². The van der Waals surface area contributed by atoms with Crippen LogP contribution in [0.3, 0.4) is 0 Å². The Balaban J connectivity index is 2.17. The molecule has 1 amide bonds. The van der Waals surface area contributed by atoms with Gasteiger partial charge in [0.1, 0.15) is 24.1 Å². The fourth-order valence-corrected chi connectivity index (χ4v) is 2.14. The molecule has 1 aliphatic rings. The van der Waals surface area contributed by atoms with Crippen molar-refractivity contribution in [1.29, 1.82) is 0 Å². The first-order chi connectivity index (χ1) is 9.26. The van der Waals surface area contributed by atoms with Gasteiger partial charge in [-0.2, -0.15) is 0 Å². The zero-order chi connectivity index (χ0) is 14.9. The van der Waals surface area contributed by atoms with E-state index in [0.29, 0.717) is 16.3 Å². The number of halogens is 1. The first kappa shape index (κ1) is 14.9. The number of fused-ring (bicyclic) bond motifs is 1. The Morgan fingerprint density at radius 1 is 1.50 bits per heavy atom. The van der Waals surface area contributed by atoms with Crippen LogP contribution >= 0.6 is 11.6 Å². The minimum Gasteiger partial charge on any atom is -0.490 e. The van der Waals surface area contributed by atoms with Gasteiger partial charge in [0.25, 0.3) is 0 Å². The van der Waals surface area contributed by atoms with Crippen LogP contribution in [0.1, 0.15) is 32.4 Å². The molecule has 1 aliphatic heterocycles. The molecule has 0 spiro atoms. The van der Waals surface area contributed by atoms with Crippen LogP contribution in [0.4, 0.5) is 4.79 Å². The molecule has 1 aromatic carbocycles. The Morgan fingerprint density at radius 2 is 2.20 bits per heavy atom. The summed E-state index contributed by atoms with van der Waals surface area (Å²) in [7, 11) is 0. The van der Waals surface area contributed by atoms with Gasteiger partial charge in [0.05, 0.1) is 6.04 Å². The molecule has 2 rings (SSSR count). The van der Waals surface area contributed by atoms with E-state index in [1.165, 1.54) is 0 Å². The number of ether oxygens (including phenoxy) is 2. The lowest BCUT2D eigenvalue weighted by Crippen LogP contribution is -2.43. The molecule has 0 saturated heterocycles. The summed E-state index contributed by atoms with van der Waals surface area (Å²) in [4.78, 5) is 11.8. The van der Waals surface area contributed by atoms with Crippen molar-refractivity contribution in [2.75, 3.05) is 6.61 Å². The Hall–Kier alpha value is -1.46. The van der Waals surface area contributed by atoms with Crippen LogP contribution in [0.15, 0.2) is 18.2 Å². The topological polar surface area (TPSA) is 67.8 Å². The standard InChI is InChI=1S/C14H18ClNO4/c1-14(2,3)20-13(18)16-12-9-5-4-8(15)6-11(9)19-7-10(12)17/h4-6,10,12,17H,7H2,1-3H3,(H,16,18)/t10-,12+/m0/s1. The van der Waals surface area contributed by atoms with Crippen molar-refractivity contribution in [3.05, 3.63) is 28.8 Å². The highest BCUT2D eigenvalue weighted by Gasteiger charge is 2.32. The molecule has 2 N–H and O–H groups in total. The molecular weight excluding hydrogens is 282 g/mol. The van der Waals surface area contributed by atoms with Gasteiger partial charge in [0, 0.05) is 10.6 Å². The van der Waals surface area contributed by atoms with Crippen molar-refractivity contribution in [2.45, 2.75) is 38.5 Å². The summed E-state index contributed by atoms with van der Waals surface area (Å²) < 4.78 is 10.6. The minimum absolute atomic E-state index is 0.0911. The van der Waals surface area contributed by atoms with Gasteiger partial charge in [-0.05, 0) is 32.9 Å². The highest BCUT2D eigenvalue weighted by Crippen LogP contribution is 2.34. The van der Waals surface area contributed by atoms with E-state index in [-0.39, 0.29) is 6.61 Å². The number of hydrogen-bond donors (Lipinski definition) is 2. The second kappa shape index (κ2) is 5.50. The molecule has 0 radical (unpaired) electrons. The molecule has 5 nitrogen and oxygen atoms in total. The maximum Gasteiger partial charge on any atom is 0.408 e. The molecule has 20 heavy (non-hydrogen) atoms. The summed E-state index contributed by atoms with van der Waals surface area (Å²) in [6.45, 7) is 5.43.